The number of pyridine rings is 1. The first kappa shape index (κ1) is 28.1. The molecule has 0 aliphatic carbocycles. The summed E-state index contributed by atoms with van der Waals surface area (Å²) in [5, 5.41) is 23.7. The van der Waals surface area contributed by atoms with E-state index in [2.05, 4.69) is 10.3 Å². The second-order valence-electron chi connectivity index (χ2n) is 9.72. The Hall–Kier alpha value is -4.40. The molecule has 2 atom stereocenters. The second-order valence-corrected chi connectivity index (χ2v) is 9.72. The van der Waals surface area contributed by atoms with Gasteiger partial charge in [-0.2, -0.15) is 13.2 Å². The summed E-state index contributed by atoms with van der Waals surface area (Å²) >= 11 is 0. The van der Waals surface area contributed by atoms with Gasteiger partial charge in [0.1, 0.15) is 34.9 Å². The predicted molar refractivity (Wildman–Crippen MR) is 139 cm³/mol. The number of benzene rings is 2. The van der Waals surface area contributed by atoms with Gasteiger partial charge in [-0.3, -0.25) is 9.47 Å². The molecule has 1 aliphatic heterocycles. The van der Waals surface area contributed by atoms with Gasteiger partial charge in [0.25, 0.3) is 5.91 Å². The fourth-order valence-electron chi connectivity index (χ4n) is 4.67. The minimum atomic E-state index is -5.34. The van der Waals surface area contributed by atoms with Gasteiger partial charge in [0.05, 0.1) is 26.0 Å². The highest BCUT2D eigenvalue weighted by Crippen LogP contribution is 2.46. The van der Waals surface area contributed by atoms with Crippen molar-refractivity contribution in [3.63, 3.8) is 0 Å². The third-order valence-electron chi connectivity index (χ3n) is 7.04. The predicted octanol–water partition coefficient (Wildman–Crippen LogP) is 2.28. The Morgan fingerprint density at radius 2 is 1.93 bits per heavy atom. The van der Waals surface area contributed by atoms with Crippen LogP contribution in [0.25, 0.3) is 22.2 Å². The number of aromatic nitrogens is 2. The number of rotatable bonds is 7. The van der Waals surface area contributed by atoms with Crippen molar-refractivity contribution in [1.82, 2.24) is 15.0 Å². The van der Waals surface area contributed by atoms with Crippen LogP contribution in [0.5, 0.6) is 11.5 Å². The fourth-order valence-corrected chi connectivity index (χ4v) is 4.67. The third-order valence-corrected chi connectivity index (χ3v) is 7.04. The van der Waals surface area contributed by atoms with Crippen molar-refractivity contribution in [3.05, 3.63) is 77.4 Å². The molecule has 0 bridgehead atoms. The van der Waals surface area contributed by atoms with Crippen LogP contribution in [0.15, 0.2) is 54.7 Å². The number of nitrogens with one attached hydrogen (secondary N) is 1. The van der Waals surface area contributed by atoms with Crippen molar-refractivity contribution >= 4 is 16.8 Å². The van der Waals surface area contributed by atoms with E-state index >= 15 is 0 Å². The van der Waals surface area contributed by atoms with Crippen molar-refractivity contribution in [2.24, 2.45) is 5.73 Å². The molecular weight excluding hydrogens is 550 g/mol. The topological polar surface area (TPSA) is 158 Å². The van der Waals surface area contributed by atoms with E-state index in [0.29, 0.717) is 10.9 Å². The zero-order valence-electron chi connectivity index (χ0n) is 21.5. The van der Waals surface area contributed by atoms with E-state index in [4.69, 9.17) is 21.1 Å². The summed E-state index contributed by atoms with van der Waals surface area (Å²) in [6.07, 6.45) is -3.82. The SMILES string of the molecule is COc1cc(C(=O)NCC(O)(c2cc3c(c(-c4ccc(F)cc4)n2)OCC3(N)CO)C(F)(F)F)cc2ccn(N)c12. The molecule has 5 rings (SSSR count). The van der Waals surface area contributed by atoms with Gasteiger partial charge >= 0.3 is 6.18 Å². The van der Waals surface area contributed by atoms with E-state index in [1.807, 2.05) is 0 Å². The highest BCUT2D eigenvalue weighted by molar-refractivity contribution is 6.00. The van der Waals surface area contributed by atoms with E-state index in [1.165, 1.54) is 42.2 Å². The molecule has 0 spiro atoms. The standard InChI is InChI=1S/C27H25F4N5O5/c1-40-19-9-16(8-15-6-7-36(33)22(15)19)24(38)34-11-26(39,27(29,30)31)20-10-18-23(41-13-25(18,32)12-37)21(35-20)14-2-4-17(28)5-3-14/h2-10,37,39H,11-13,32-33H2,1H3,(H,34,38). The average molecular weight is 576 g/mol. The Labute approximate surface area is 230 Å². The molecular formula is C27H25F4N5O5. The largest absolute Gasteiger partial charge is 0.494 e. The number of hydrogen-bond donors (Lipinski definition) is 5. The van der Waals surface area contributed by atoms with Gasteiger partial charge in [0.2, 0.25) is 5.60 Å². The van der Waals surface area contributed by atoms with Gasteiger partial charge in [0.15, 0.2) is 5.75 Å². The smallest absolute Gasteiger partial charge is 0.424 e. The Morgan fingerprint density at radius 1 is 1.22 bits per heavy atom. The molecule has 10 nitrogen and oxygen atoms in total. The first-order chi connectivity index (χ1) is 19.3. The van der Waals surface area contributed by atoms with Crippen molar-refractivity contribution in [1.29, 1.82) is 0 Å². The molecule has 7 N–H and O–H groups in total. The van der Waals surface area contributed by atoms with Crippen LogP contribution in [0.4, 0.5) is 17.6 Å². The van der Waals surface area contributed by atoms with Crippen LogP contribution in [0, 0.1) is 5.82 Å². The molecule has 2 aromatic carbocycles. The van der Waals surface area contributed by atoms with Crippen LogP contribution in [0.1, 0.15) is 21.6 Å². The van der Waals surface area contributed by atoms with Gasteiger partial charge in [-0.15, -0.1) is 0 Å². The van der Waals surface area contributed by atoms with E-state index in [9.17, 15) is 32.6 Å². The number of aliphatic hydroxyl groups is 2. The lowest BCUT2D eigenvalue weighted by atomic mass is 9.88. The number of alkyl halides is 3. The van der Waals surface area contributed by atoms with Gasteiger partial charge < -0.3 is 36.6 Å². The molecule has 0 fully saturated rings. The summed E-state index contributed by atoms with van der Waals surface area (Å²) in [4.78, 5) is 17.1. The molecule has 2 unspecified atom stereocenters. The number of hydrogen-bond acceptors (Lipinski definition) is 8. The maximum atomic E-state index is 14.5. The van der Waals surface area contributed by atoms with Crippen LogP contribution in [0.3, 0.4) is 0 Å². The third kappa shape index (κ3) is 4.69. The second kappa shape index (κ2) is 9.90. The van der Waals surface area contributed by atoms with E-state index in [0.717, 1.165) is 18.2 Å². The Bertz CT molecular complexity index is 1640. The zero-order valence-corrected chi connectivity index (χ0v) is 21.5. The number of fused-ring (bicyclic) bond motifs is 2. The van der Waals surface area contributed by atoms with E-state index in [-0.39, 0.29) is 40.5 Å². The molecule has 2 aromatic heterocycles. The molecule has 216 valence electrons. The number of amides is 1. The monoisotopic (exact) mass is 575 g/mol. The Morgan fingerprint density at radius 3 is 2.56 bits per heavy atom. The van der Waals surface area contributed by atoms with Crippen molar-refractivity contribution < 1.29 is 42.0 Å². The lowest BCUT2D eigenvalue weighted by molar-refractivity contribution is -0.265. The van der Waals surface area contributed by atoms with Gasteiger partial charge in [-0.25, -0.2) is 9.37 Å². The van der Waals surface area contributed by atoms with Gasteiger partial charge in [0, 0.05) is 28.3 Å². The molecule has 14 heteroatoms. The fraction of sp³-hybridized carbons (Fsp3) is 0.259. The number of carbonyl (C=O) groups is 1. The molecule has 41 heavy (non-hydrogen) atoms. The lowest BCUT2D eigenvalue weighted by Gasteiger charge is -2.31. The number of aliphatic hydroxyl groups excluding tert-OH is 1. The highest BCUT2D eigenvalue weighted by Gasteiger charge is 2.57. The summed E-state index contributed by atoms with van der Waals surface area (Å²) in [5.74, 6) is 4.51. The van der Waals surface area contributed by atoms with Crippen LogP contribution >= 0.6 is 0 Å². The Kier molecular flexibility index (Phi) is 6.80. The molecule has 1 aliphatic rings. The minimum absolute atomic E-state index is 0.0160. The number of halogens is 4. The maximum absolute atomic E-state index is 14.5. The summed E-state index contributed by atoms with van der Waals surface area (Å²) in [6, 6.07) is 9.89. The summed E-state index contributed by atoms with van der Waals surface area (Å²) in [7, 11) is 1.34. The van der Waals surface area contributed by atoms with Gasteiger partial charge in [-0.05, 0) is 48.5 Å². The first-order valence-corrected chi connectivity index (χ1v) is 12.2. The van der Waals surface area contributed by atoms with Crippen molar-refractivity contribution in [2.45, 2.75) is 17.3 Å². The van der Waals surface area contributed by atoms with Crippen molar-refractivity contribution in [3.8, 4) is 22.8 Å². The zero-order chi connectivity index (χ0) is 29.7. The maximum Gasteiger partial charge on any atom is 0.424 e. The number of nitrogens with two attached hydrogens (primary N) is 2. The van der Waals surface area contributed by atoms with E-state index in [1.54, 1.807) is 6.07 Å². The van der Waals surface area contributed by atoms with E-state index < -0.39 is 47.9 Å². The average Bonchev–Trinajstić information content (AvgIpc) is 3.50. The Balaban J connectivity index is 1.57. The van der Waals surface area contributed by atoms with Crippen LogP contribution in [0.2, 0.25) is 0 Å². The van der Waals surface area contributed by atoms with Crippen molar-refractivity contribution in [2.75, 3.05) is 32.7 Å². The highest BCUT2D eigenvalue weighted by atomic mass is 19.4. The summed E-state index contributed by atoms with van der Waals surface area (Å²) < 4.78 is 69.4. The van der Waals surface area contributed by atoms with Crippen LogP contribution in [-0.2, 0) is 11.1 Å². The molecule has 3 heterocycles. The number of carbonyl (C=O) groups excluding carboxylic acids is 1. The summed E-state index contributed by atoms with van der Waals surface area (Å²) in [5.41, 5.74) is 0.376. The number of ether oxygens (including phenoxy) is 2. The minimum Gasteiger partial charge on any atom is -0.494 e. The molecule has 1 amide bonds. The molecule has 0 radical (unpaired) electrons. The number of nitrogen functional groups attached to an aromatic ring is 1. The quantitative estimate of drug-likeness (QED) is 0.166. The van der Waals surface area contributed by atoms with Crippen LogP contribution in [-0.4, -0.2) is 58.8 Å². The number of nitrogens with zero attached hydrogens (tertiary/aromatic N) is 2. The summed E-state index contributed by atoms with van der Waals surface area (Å²) in [6.45, 7) is -2.31. The number of methoxy groups -OCH3 is 1. The van der Waals surface area contributed by atoms with Crippen LogP contribution < -0.4 is 26.4 Å². The van der Waals surface area contributed by atoms with Gasteiger partial charge in [-0.1, -0.05) is 0 Å². The molecule has 0 saturated heterocycles. The normalized spacial score (nSPS) is 18.0. The lowest BCUT2D eigenvalue weighted by Crippen LogP contribution is -2.52. The molecule has 0 saturated carbocycles. The molecule has 4 aromatic rings. The first-order valence-electron chi connectivity index (χ1n) is 12.2.